The molecule has 1 fully saturated rings. The maximum absolute atomic E-state index is 13.3. The number of aliphatic hydroxyl groups is 1. The molecule has 0 radical (unpaired) electrons. The molecule has 0 aliphatic carbocycles. The summed E-state index contributed by atoms with van der Waals surface area (Å²) in [5.41, 5.74) is 1.76. The number of β-amino-alcohol motifs (C(OH)–C–C–N with tert-alkyl or cyclic N) is 1. The number of nitrogens with zero attached hydrogens (tertiary/aromatic N) is 3. The van der Waals surface area contributed by atoms with Crippen molar-refractivity contribution in [1.29, 1.82) is 0 Å². The molecule has 4 rings (SSSR count). The first-order valence-electron chi connectivity index (χ1n) is 10.8. The van der Waals surface area contributed by atoms with Gasteiger partial charge in [-0.25, -0.2) is 9.37 Å². The number of nitrogens with one attached hydrogen (secondary N) is 1. The second kappa shape index (κ2) is 10.3. The van der Waals surface area contributed by atoms with Crippen molar-refractivity contribution in [2.45, 2.75) is 12.5 Å². The van der Waals surface area contributed by atoms with Gasteiger partial charge in [0.1, 0.15) is 11.6 Å². The first kappa shape index (κ1) is 21.9. The molecular formula is C25H27FN4O2. The van der Waals surface area contributed by atoms with Crippen LogP contribution in [-0.4, -0.2) is 53.6 Å². The number of hydrogen-bond acceptors (Lipinski definition) is 5. The first-order valence-corrected chi connectivity index (χ1v) is 10.8. The molecule has 166 valence electrons. The predicted molar refractivity (Wildman–Crippen MR) is 123 cm³/mol. The zero-order valence-electron chi connectivity index (χ0n) is 17.8. The second-order valence-electron chi connectivity index (χ2n) is 7.94. The van der Waals surface area contributed by atoms with Crippen LogP contribution in [0.1, 0.15) is 28.4 Å². The largest absolute Gasteiger partial charge is 0.387 e. The molecule has 1 aliphatic heterocycles. The summed E-state index contributed by atoms with van der Waals surface area (Å²) in [4.78, 5) is 21.3. The Labute approximate surface area is 187 Å². The van der Waals surface area contributed by atoms with E-state index in [1.54, 1.807) is 18.3 Å². The molecule has 2 heterocycles. The SMILES string of the molecule is O=C(Nc1ccc(N2CCCN(C[C@@H](O)c3ccccc3)CC2)nc1)c1cccc(F)c1. The van der Waals surface area contributed by atoms with Crippen LogP contribution >= 0.6 is 0 Å². The molecule has 0 saturated carbocycles. The lowest BCUT2D eigenvalue weighted by Crippen LogP contribution is -2.33. The summed E-state index contributed by atoms with van der Waals surface area (Å²) in [7, 11) is 0. The molecule has 1 aromatic heterocycles. The molecular weight excluding hydrogens is 407 g/mol. The fraction of sp³-hybridized carbons (Fsp3) is 0.280. The summed E-state index contributed by atoms with van der Waals surface area (Å²) >= 11 is 0. The zero-order valence-corrected chi connectivity index (χ0v) is 17.8. The molecule has 7 heteroatoms. The average Bonchev–Trinajstić information content (AvgIpc) is 3.06. The van der Waals surface area contributed by atoms with Gasteiger partial charge in [-0.3, -0.25) is 9.69 Å². The van der Waals surface area contributed by atoms with E-state index in [1.807, 2.05) is 36.4 Å². The van der Waals surface area contributed by atoms with Gasteiger partial charge < -0.3 is 15.3 Å². The van der Waals surface area contributed by atoms with Gasteiger partial charge in [0.25, 0.3) is 5.91 Å². The second-order valence-corrected chi connectivity index (χ2v) is 7.94. The smallest absolute Gasteiger partial charge is 0.255 e. The standard InChI is InChI=1S/C25H27FN4O2/c26-21-9-4-8-20(16-21)25(32)28-22-10-11-24(27-17-22)30-13-5-12-29(14-15-30)18-23(31)19-6-2-1-3-7-19/h1-4,6-11,16-17,23,31H,5,12-15,18H2,(H,28,32)/t23-/m1/s1. The van der Waals surface area contributed by atoms with E-state index in [9.17, 15) is 14.3 Å². The molecule has 1 saturated heterocycles. The lowest BCUT2D eigenvalue weighted by Gasteiger charge is -2.24. The minimum atomic E-state index is -0.498. The molecule has 1 aliphatic rings. The highest BCUT2D eigenvalue weighted by molar-refractivity contribution is 6.04. The van der Waals surface area contributed by atoms with Crippen LogP contribution in [0.5, 0.6) is 0 Å². The number of hydrogen-bond donors (Lipinski definition) is 2. The Bertz CT molecular complexity index is 1030. The van der Waals surface area contributed by atoms with Crippen LogP contribution < -0.4 is 10.2 Å². The van der Waals surface area contributed by atoms with Crippen LogP contribution in [0.25, 0.3) is 0 Å². The summed E-state index contributed by atoms with van der Waals surface area (Å²) in [5, 5.41) is 13.3. The van der Waals surface area contributed by atoms with Crippen LogP contribution in [0.4, 0.5) is 15.9 Å². The zero-order chi connectivity index (χ0) is 22.3. The Kier molecular flexibility index (Phi) is 7.09. The van der Waals surface area contributed by atoms with Crippen molar-refractivity contribution in [2.75, 3.05) is 42.9 Å². The minimum Gasteiger partial charge on any atom is -0.387 e. The van der Waals surface area contributed by atoms with Crippen LogP contribution in [0.3, 0.4) is 0 Å². The minimum absolute atomic E-state index is 0.263. The fourth-order valence-electron chi connectivity index (χ4n) is 3.89. The van der Waals surface area contributed by atoms with Crippen LogP contribution in [0.15, 0.2) is 72.9 Å². The van der Waals surface area contributed by atoms with Crippen molar-refractivity contribution in [3.8, 4) is 0 Å². The lowest BCUT2D eigenvalue weighted by atomic mass is 10.1. The van der Waals surface area contributed by atoms with Crippen molar-refractivity contribution in [3.63, 3.8) is 0 Å². The van der Waals surface area contributed by atoms with Gasteiger partial charge in [0.15, 0.2) is 0 Å². The quantitative estimate of drug-likeness (QED) is 0.619. The van der Waals surface area contributed by atoms with Crippen molar-refractivity contribution in [2.24, 2.45) is 0 Å². The lowest BCUT2D eigenvalue weighted by molar-refractivity contribution is 0.102. The molecule has 1 atom stereocenters. The van der Waals surface area contributed by atoms with Gasteiger partial charge in [-0.2, -0.15) is 0 Å². The Morgan fingerprint density at radius 3 is 2.62 bits per heavy atom. The summed E-state index contributed by atoms with van der Waals surface area (Å²) in [6, 6.07) is 19.0. The molecule has 1 amide bonds. The Hall–Kier alpha value is -3.29. The molecule has 0 bridgehead atoms. The van der Waals surface area contributed by atoms with Crippen molar-refractivity contribution in [1.82, 2.24) is 9.88 Å². The van der Waals surface area contributed by atoms with Gasteiger partial charge >= 0.3 is 0 Å². The maximum atomic E-state index is 13.3. The van der Waals surface area contributed by atoms with E-state index >= 15 is 0 Å². The van der Waals surface area contributed by atoms with E-state index in [0.717, 1.165) is 44.0 Å². The number of rotatable bonds is 6. The van der Waals surface area contributed by atoms with E-state index in [0.29, 0.717) is 12.2 Å². The number of amides is 1. The number of pyridine rings is 1. The highest BCUT2D eigenvalue weighted by atomic mass is 19.1. The molecule has 0 spiro atoms. The van der Waals surface area contributed by atoms with Gasteiger partial charge in [0, 0.05) is 38.3 Å². The maximum Gasteiger partial charge on any atom is 0.255 e. The van der Waals surface area contributed by atoms with E-state index in [-0.39, 0.29) is 11.5 Å². The van der Waals surface area contributed by atoms with Gasteiger partial charge in [-0.15, -0.1) is 0 Å². The topological polar surface area (TPSA) is 68.7 Å². The van der Waals surface area contributed by atoms with Gasteiger partial charge in [-0.05, 0) is 42.3 Å². The van der Waals surface area contributed by atoms with E-state index in [2.05, 4.69) is 20.1 Å². The normalized spacial score (nSPS) is 15.8. The molecule has 6 nitrogen and oxygen atoms in total. The van der Waals surface area contributed by atoms with Crippen LogP contribution in [0.2, 0.25) is 0 Å². The van der Waals surface area contributed by atoms with E-state index in [4.69, 9.17) is 0 Å². The number of benzene rings is 2. The number of carbonyl (C=O) groups excluding carboxylic acids is 1. The number of halogens is 1. The number of aliphatic hydroxyl groups excluding tert-OH is 1. The summed E-state index contributed by atoms with van der Waals surface area (Å²) < 4.78 is 13.3. The Morgan fingerprint density at radius 1 is 1.03 bits per heavy atom. The molecule has 2 N–H and O–H groups in total. The third-order valence-corrected chi connectivity index (χ3v) is 5.62. The first-order chi connectivity index (χ1) is 15.6. The Balaban J connectivity index is 1.32. The molecule has 2 aromatic carbocycles. The van der Waals surface area contributed by atoms with Crippen molar-refractivity contribution >= 4 is 17.4 Å². The predicted octanol–water partition coefficient (Wildman–Crippen LogP) is 3.72. The van der Waals surface area contributed by atoms with E-state index in [1.165, 1.54) is 18.2 Å². The van der Waals surface area contributed by atoms with Crippen molar-refractivity contribution < 1.29 is 14.3 Å². The van der Waals surface area contributed by atoms with Crippen LogP contribution in [-0.2, 0) is 0 Å². The third kappa shape index (κ3) is 5.69. The number of aromatic nitrogens is 1. The van der Waals surface area contributed by atoms with Gasteiger partial charge in [0.2, 0.25) is 0 Å². The summed E-state index contributed by atoms with van der Waals surface area (Å²) in [6.07, 6.45) is 2.09. The van der Waals surface area contributed by atoms with Crippen LogP contribution in [0, 0.1) is 5.82 Å². The highest BCUT2D eigenvalue weighted by Gasteiger charge is 2.19. The number of anilines is 2. The summed E-state index contributed by atoms with van der Waals surface area (Å²) in [5.74, 6) is 0.0262. The third-order valence-electron chi connectivity index (χ3n) is 5.62. The Morgan fingerprint density at radius 2 is 1.88 bits per heavy atom. The molecule has 0 unspecified atom stereocenters. The molecule has 3 aromatic rings. The van der Waals surface area contributed by atoms with Gasteiger partial charge in [0.05, 0.1) is 18.0 Å². The summed E-state index contributed by atoms with van der Waals surface area (Å²) in [6.45, 7) is 4.05. The number of carbonyl (C=O) groups is 1. The van der Waals surface area contributed by atoms with E-state index < -0.39 is 11.9 Å². The molecule has 32 heavy (non-hydrogen) atoms. The average molecular weight is 435 g/mol. The fourth-order valence-corrected chi connectivity index (χ4v) is 3.89. The highest BCUT2D eigenvalue weighted by Crippen LogP contribution is 2.19. The van der Waals surface area contributed by atoms with Gasteiger partial charge in [-0.1, -0.05) is 36.4 Å². The monoisotopic (exact) mass is 434 g/mol. The van der Waals surface area contributed by atoms with Crippen molar-refractivity contribution in [3.05, 3.63) is 89.9 Å².